The third kappa shape index (κ3) is 6.55. The van der Waals surface area contributed by atoms with Crippen molar-refractivity contribution in [1.29, 1.82) is 0 Å². The molecule has 0 N–H and O–H groups in total. The minimum atomic E-state index is -3.50. The fourth-order valence-electron chi connectivity index (χ4n) is 4.79. The first-order valence-electron chi connectivity index (χ1n) is 12.2. The molecule has 0 spiro atoms. The van der Waals surface area contributed by atoms with Crippen molar-refractivity contribution in [3.05, 3.63) is 92.5 Å². The van der Waals surface area contributed by atoms with E-state index in [9.17, 15) is 13.2 Å². The highest BCUT2D eigenvalue weighted by Gasteiger charge is 2.20. The lowest BCUT2D eigenvalue weighted by molar-refractivity contribution is -0.118. The molecule has 0 aromatic heterocycles. The average molecular weight is 561 g/mol. The fraction of sp³-hybridized carbons (Fsp3) is 0.345. The van der Waals surface area contributed by atoms with Gasteiger partial charge in [0.05, 0.1) is 22.8 Å². The van der Waals surface area contributed by atoms with E-state index in [0.717, 1.165) is 36.2 Å². The summed E-state index contributed by atoms with van der Waals surface area (Å²) in [4.78, 5) is 15.3. The molecule has 0 radical (unpaired) electrons. The van der Waals surface area contributed by atoms with Crippen LogP contribution in [0.4, 0.5) is 0 Å². The van der Waals surface area contributed by atoms with Crippen LogP contribution in [-0.4, -0.2) is 39.8 Å². The van der Waals surface area contributed by atoms with Crippen LogP contribution in [0.3, 0.4) is 0 Å². The maximum atomic E-state index is 13.1. The Bertz CT molecular complexity index is 1400. The Morgan fingerprint density at radius 1 is 1.00 bits per heavy atom. The van der Waals surface area contributed by atoms with Gasteiger partial charge in [-0.3, -0.25) is 4.79 Å². The molecule has 0 saturated heterocycles. The molecular formula is C29H31Cl2NO4S. The van der Waals surface area contributed by atoms with Gasteiger partial charge in [-0.15, -0.1) is 0 Å². The smallest absolute Gasteiger partial charge is 0.182 e. The van der Waals surface area contributed by atoms with Crippen molar-refractivity contribution in [2.45, 2.75) is 49.3 Å². The monoisotopic (exact) mass is 559 g/mol. The molecule has 1 aliphatic rings. The summed E-state index contributed by atoms with van der Waals surface area (Å²) in [6.45, 7) is 3.79. The zero-order valence-electron chi connectivity index (χ0n) is 21.3. The normalized spacial score (nSPS) is 14.7. The molecule has 37 heavy (non-hydrogen) atoms. The van der Waals surface area contributed by atoms with Crippen molar-refractivity contribution < 1.29 is 17.9 Å². The van der Waals surface area contributed by atoms with Crippen LogP contribution in [0.25, 0.3) is 0 Å². The molecule has 1 atom stereocenters. The number of hydrogen-bond acceptors (Lipinski definition) is 5. The highest BCUT2D eigenvalue weighted by atomic mass is 35.5. The molecule has 0 saturated carbocycles. The van der Waals surface area contributed by atoms with Crippen molar-refractivity contribution >= 4 is 38.8 Å². The zero-order valence-corrected chi connectivity index (χ0v) is 23.6. The Kier molecular flexibility index (Phi) is 8.64. The lowest BCUT2D eigenvalue weighted by Gasteiger charge is -2.25. The Hall–Kier alpha value is -2.38. The van der Waals surface area contributed by atoms with Crippen LogP contribution >= 0.6 is 23.2 Å². The molecule has 5 nitrogen and oxygen atoms in total. The van der Waals surface area contributed by atoms with E-state index >= 15 is 0 Å². The second-order valence-corrected chi connectivity index (χ2v) is 12.5. The Balaban J connectivity index is 1.38. The summed E-state index contributed by atoms with van der Waals surface area (Å²) in [5.41, 5.74) is 4.85. The number of ether oxygens (including phenoxy) is 1. The number of fused-ring (bicyclic) bond motifs is 1. The predicted octanol–water partition coefficient (Wildman–Crippen LogP) is 6.27. The van der Waals surface area contributed by atoms with Gasteiger partial charge >= 0.3 is 0 Å². The lowest BCUT2D eigenvalue weighted by Crippen LogP contribution is -2.26. The first-order valence-corrected chi connectivity index (χ1v) is 14.6. The second-order valence-electron chi connectivity index (χ2n) is 9.80. The number of Topliss-reactive ketones (excluding diaryl/α,β-unsaturated/α-hetero) is 1. The van der Waals surface area contributed by atoms with E-state index in [1.165, 1.54) is 18.2 Å². The molecule has 3 aromatic rings. The van der Waals surface area contributed by atoms with Gasteiger partial charge in [-0.1, -0.05) is 66.5 Å². The number of carbonyl (C=O) groups excluding carboxylic acids is 1. The molecule has 0 aliphatic carbocycles. The Labute approximate surface area is 229 Å². The molecule has 3 aromatic carbocycles. The molecule has 0 bridgehead atoms. The van der Waals surface area contributed by atoms with Gasteiger partial charge in [0.1, 0.15) is 16.6 Å². The molecule has 1 aliphatic heterocycles. The van der Waals surface area contributed by atoms with Crippen LogP contribution in [0.15, 0.2) is 59.5 Å². The van der Waals surface area contributed by atoms with Crippen LogP contribution < -0.4 is 4.74 Å². The third-order valence-electron chi connectivity index (χ3n) is 6.88. The summed E-state index contributed by atoms with van der Waals surface area (Å²) in [5, 5.41) is 0.725. The standard InChI is InChI=1S/C29H31Cl2NO4S/c1-19(26-10-11-27(36-3)29(31)28(26)30)14-24(33)16-20-5-8-25(9-6-20)37(34,35)18-21-4-7-23-17-32(2)13-12-22(23)15-21/h4-11,15,19H,12-14,16-18H2,1-3H3/t19-/m0/s1. The minimum Gasteiger partial charge on any atom is -0.495 e. The van der Waals surface area contributed by atoms with E-state index in [1.807, 2.05) is 31.2 Å². The van der Waals surface area contributed by atoms with Crippen molar-refractivity contribution in [3.63, 3.8) is 0 Å². The quantitative estimate of drug-likeness (QED) is 0.309. The van der Waals surface area contributed by atoms with E-state index in [0.29, 0.717) is 15.8 Å². The van der Waals surface area contributed by atoms with Gasteiger partial charge in [0.2, 0.25) is 0 Å². The van der Waals surface area contributed by atoms with Gasteiger partial charge in [-0.25, -0.2) is 8.42 Å². The lowest BCUT2D eigenvalue weighted by atomic mass is 9.93. The highest BCUT2D eigenvalue weighted by Crippen LogP contribution is 2.38. The van der Waals surface area contributed by atoms with Crippen LogP contribution in [-0.2, 0) is 39.8 Å². The van der Waals surface area contributed by atoms with Crippen molar-refractivity contribution in [2.24, 2.45) is 0 Å². The average Bonchev–Trinajstić information content (AvgIpc) is 2.85. The number of sulfone groups is 1. The molecule has 8 heteroatoms. The fourth-order valence-corrected chi connectivity index (χ4v) is 6.72. The first kappa shape index (κ1) is 27.6. The molecular weight excluding hydrogens is 529 g/mol. The maximum Gasteiger partial charge on any atom is 0.182 e. The van der Waals surface area contributed by atoms with Gasteiger partial charge in [0, 0.05) is 25.9 Å². The summed E-state index contributed by atoms with van der Waals surface area (Å²) in [6, 6.07) is 16.2. The Morgan fingerprint density at radius 2 is 1.70 bits per heavy atom. The maximum absolute atomic E-state index is 13.1. The predicted molar refractivity (Wildman–Crippen MR) is 149 cm³/mol. The largest absolute Gasteiger partial charge is 0.495 e. The van der Waals surface area contributed by atoms with Crippen LogP contribution in [0.5, 0.6) is 5.75 Å². The number of nitrogens with zero attached hydrogens (tertiary/aromatic N) is 1. The summed E-state index contributed by atoms with van der Waals surface area (Å²) < 4.78 is 31.3. The number of methoxy groups -OCH3 is 1. The molecule has 1 heterocycles. The summed E-state index contributed by atoms with van der Waals surface area (Å²) in [5.74, 6) is 0.353. The van der Waals surface area contributed by atoms with E-state index in [1.54, 1.807) is 30.3 Å². The molecule has 0 unspecified atom stereocenters. The van der Waals surface area contributed by atoms with E-state index in [4.69, 9.17) is 27.9 Å². The number of halogens is 2. The van der Waals surface area contributed by atoms with Gasteiger partial charge in [0.15, 0.2) is 9.84 Å². The zero-order chi connectivity index (χ0) is 26.7. The number of ketones is 1. The highest BCUT2D eigenvalue weighted by molar-refractivity contribution is 7.90. The summed E-state index contributed by atoms with van der Waals surface area (Å²) in [7, 11) is 0.112. The number of rotatable bonds is 9. The van der Waals surface area contributed by atoms with Crippen molar-refractivity contribution in [2.75, 3.05) is 20.7 Å². The first-order chi connectivity index (χ1) is 17.6. The second kappa shape index (κ2) is 11.6. The van der Waals surface area contributed by atoms with E-state index < -0.39 is 9.84 Å². The SMILES string of the molecule is COc1ccc([C@@H](C)CC(=O)Cc2ccc(S(=O)(=O)Cc3ccc4c(c3)CCN(C)C4)cc2)c(Cl)c1Cl. The minimum absolute atomic E-state index is 0.0332. The molecule has 0 amide bonds. The van der Waals surface area contributed by atoms with E-state index in [2.05, 4.69) is 11.9 Å². The van der Waals surface area contributed by atoms with E-state index in [-0.39, 0.29) is 35.2 Å². The van der Waals surface area contributed by atoms with Gasteiger partial charge < -0.3 is 9.64 Å². The van der Waals surface area contributed by atoms with Gasteiger partial charge in [-0.2, -0.15) is 0 Å². The number of likely N-dealkylation sites (N-methyl/N-ethyl adjacent to an activating group) is 1. The number of hydrogen-bond donors (Lipinski definition) is 0. The van der Waals surface area contributed by atoms with Crippen LogP contribution in [0.1, 0.15) is 47.1 Å². The molecule has 196 valence electrons. The van der Waals surface area contributed by atoms with Crippen molar-refractivity contribution in [3.8, 4) is 5.75 Å². The number of carbonyl (C=O) groups is 1. The van der Waals surface area contributed by atoms with Crippen LogP contribution in [0.2, 0.25) is 10.0 Å². The van der Waals surface area contributed by atoms with Crippen molar-refractivity contribution in [1.82, 2.24) is 4.90 Å². The Morgan fingerprint density at radius 3 is 2.41 bits per heavy atom. The molecule has 0 fully saturated rings. The number of benzene rings is 3. The van der Waals surface area contributed by atoms with Gasteiger partial charge in [-0.05, 0) is 65.4 Å². The van der Waals surface area contributed by atoms with Crippen LogP contribution in [0, 0.1) is 0 Å². The topological polar surface area (TPSA) is 63.7 Å². The summed E-state index contributed by atoms with van der Waals surface area (Å²) in [6.07, 6.45) is 1.43. The van der Waals surface area contributed by atoms with Gasteiger partial charge in [0.25, 0.3) is 0 Å². The summed E-state index contributed by atoms with van der Waals surface area (Å²) >= 11 is 12.6. The third-order valence-corrected chi connectivity index (χ3v) is 9.46. The molecule has 4 rings (SSSR count).